The molecule has 0 aliphatic carbocycles. The van der Waals surface area contributed by atoms with Crippen LogP contribution in [-0.2, 0) is 52.2 Å². The van der Waals surface area contributed by atoms with Gasteiger partial charge in [0.05, 0.1) is 56.1 Å². The molecule has 6 aromatic carbocycles. The maximum absolute atomic E-state index is 13.4. The number of aromatic amines is 1. The fourth-order valence-corrected chi connectivity index (χ4v) is 14.9. The van der Waals surface area contributed by atoms with Gasteiger partial charge in [-0.2, -0.15) is 0 Å². The number of benzene rings is 6. The molecule has 15 rings (SSSR count). The van der Waals surface area contributed by atoms with E-state index in [9.17, 15) is 43.8 Å². The zero-order valence-electron chi connectivity index (χ0n) is 58.2. The van der Waals surface area contributed by atoms with Crippen molar-refractivity contribution in [3.8, 4) is 0 Å². The van der Waals surface area contributed by atoms with Gasteiger partial charge in [0.2, 0.25) is 12.4 Å². The van der Waals surface area contributed by atoms with Gasteiger partial charge in [0.15, 0.2) is 30.8 Å². The third kappa shape index (κ3) is 19.3. The Morgan fingerprint density at radius 1 is 0.446 bits per heavy atom. The number of nitrogens with one attached hydrogen (secondary N) is 1. The maximum atomic E-state index is 13.4. The highest BCUT2D eigenvalue weighted by molar-refractivity contribution is 14.1. The van der Waals surface area contributed by atoms with Crippen molar-refractivity contribution in [1.29, 1.82) is 0 Å². The molecule has 3 saturated heterocycles. The summed E-state index contributed by atoms with van der Waals surface area (Å²) in [6.07, 6.45) is -4.12. The van der Waals surface area contributed by atoms with E-state index in [-0.39, 0.29) is 47.2 Å². The lowest BCUT2D eigenvalue weighted by atomic mass is 10.1. The molecule has 30 nitrogen and oxygen atoms in total. The largest absolute Gasteiger partial charge is 0.459 e. The molecule has 6 aromatic heterocycles. The first-order valence-corrected chi connectivity index (χ1v) is 37.8. The quantitative estimate of drug-likeness (QED) is 0.0230. The van der Waals surface area contributed by atoms with E-state index in [0.717, 1.165) is 28.7 Å². The molecule has 9 heterocycles. The number of nitrogens with zero attached hydrogens (tertiary/aromatic N) is 8. The van der Waals surface area contributed by atoms with Gasteiger partial charge in [-0.25, -0.2) is 58.7 Å². The highest BCUT2D eigenvalue weighted by atomic mass is 127. The van der Waals surface area contributed by atoms with Crippen LogP contribution >= 0.6 is 91.0 Å². The Balaban J connectivity index is 0.000000153. The number of aliphatic hydroxyl groups excluding tert-OH is 3. The van der Waals surface area contributed by atoms with Gasteiger partial charge in [0.25, 0.3) is 0 Å². The Morgan fingerprint density at radius 2 is 0.821 bits per heavy atom. The summed E-state index contributed by atoms with van der Waals surface area (Å²) in [6.45, 7) is 0.120. The molecule has 576 valence electrons. The number of nitrogens with two attached hydrogens (primary N) is 1. The first kappa shape index (κ1) is 81.3. The van der Waals surface area contributed by atoms with Crippen LogP contribution in [0, 0.1) is 10.7 Å². The molecule has 35 heteroatoms. The van der Waals surface area contributed by atoms with Crippen LogP contribution in [-0.4, -0.2) is 182 Å². The summed E-state index contributed by atoms with van der Waals surface area (Å²) in [5, 5.41) is 31.9. The molecule has 6 N–H and O–H groups in total. The minimum Gasteiger partial charge on any atom is -0.459 e. The van der Waals surface area contributed by atoms with Gasteiger partial charge in [0, 0.05) is 36.2 Å². The summed E-state index contributed by atoms with van der Waals surface area (Å²) < 4.78 is 63.1. The lowest BCUT2D eigenvalue weighted by Crippen LogP contribution is -2.42. The average molecular weight is 1900 g/mol. The smallest absolute Gasteiger partial charge is 0.338 e. The van der Waals surface area contributed by atoms with Gasteiger partial charge < -0.3 is 82.5 Å². The minimum absolute atomic E-state index is 0.231. The van der Waals surface area contributed by atoms with Crippen LogP contribution in [0.25, 0.3) is 33.1 Å². The number of aliphatic hydroxyl groups is 3. The Bertz CT molecular complexity index is 5310. The third-order valence-electron chi connectivity index (χ3n) is 17.2. The fraction of sp³-hybridized carbons (Fsp3) is 0.208. The summed E-state index contributed by atoms with van der Waals surface area (Å²) in [5.74, 6) is -4.39. The van der Waals surface area contributed by atoms with Gasteiger partial charge in [-0.05, 0) is 141 Å². The van der Waals surface area contributed by atoms with Crippen molar-refractivity contribution in [3.05, 3.63) is 274 Å². The normalized spacial score (nSPS) is 20.8. The fourth-order valence-electron chi connectivity index (χ4n) is 11.8. The summed E-state index contributed by atoms with van der Waals surface area (Å²) in [4.78, 5) is 117. The SMILES string of the molecule is CC(=O)OC1OC(COC(=O)c2ccccc2)C(OC(=O)c2ccccc2)C1OC(=O)c1ccccc1.Clc1ncnc2[nH]cc(I)c12.Nc1ncnc2c1c(I)cn2C1OC(CO)C(O)C1O.O=C(OCC1OC(n2cc(I)c3c(Cl)ncnc32)C(OC(=O)c2ccccc2)C1OC(=O)c1ccccc1)c1ccccc1. The third-order valence-corrected chi connectivity index (χ3v) is 20.2. The first-order chi connectivity index (χ1) is 54.1. The van der Waals surface area contributed by atoms with Crippen LogP contribution in [0.5, 0.6) is 0 Å². The van der Waals surface area contributed by atoms with Crippen molar-refractivity contribution in [2.45, 2.75) is 80.6 Å². The molecule has 0 radical (unpaired) electrons. The highest BCUT2D eigenvalue weighted by Crippen LogP contribution is 2.41. The molecular formula is C77H63Cl2I3N10O20. The van der Waals surface area contributed by atoms with Crippen molar-refractivity contribution >= 4 is 172 Å². The minimum atomic E-state index is -1.40. The molecule has 0 amide bonds. The standard InChI is InChI=1S/C32H23ClIN3O7.C28H24O9.C11H13IN4O4.C6H3ClIN3/c33-27-24-22(34)16-37(28(24)36-18-35-27)29-26(44-32(40)21-14-8-3-9-15-21)25(43-31(39)20-12-6-2-7-13-20)23(42-29)17-41-30(38)19-10-4-1-5-11-19;1-18(29)34-28-24(37-27(32)21-15-9-4-10-16-21)23(36-26(31)20-13-7-3-8-14-20)22(35-28)17-33-25(30)19-11-5-2-6-12-19;12-4-1-16(10-6(4)9(13)14-3-15-10)11-8(19)7(18)5(2-17)20-11;7-5-4-3(8)1-9-6(4)11-2-10-5/h1-16,18,23,25-26,29H,17H2;2-16,22-24,28H,17H2,1H3;1,3,5,7-8,11,17-19H,2H2,(H2,13,14,15);1-2H,(H,9,10,11). The summed E-state index contributed by atoms with van der Waals surface area (Å²) in [6, 6.07) is 49.8. The number of esters is 7. The van der Waals surface area contributed by atoms with Crippen LogP contribution in [0.2, 0.25) is 10.3 Å². The van der Waals surface area contributed by atoms with E-state index >= 15 is 0 Å². The van der Waals surface area contributed by atoms with Crippen LogP contribution in [0.15, 0.2) is 220 Å². The number of H-pyrrole nitrogens is 1. The number of halogens is 5. The zero-order valence-corrected chi connectivity index (χ0v) is 66.1. The molecule has 3 aliphatic rings. The van der Waals surface area contributed by atoms with Crippen LogP contribution < -0.4 is 5.73 Å². The molecule has 3 fully saturated rings. The number of ether oxygens (including phenoxy) is 10. The number of rotatable bonds is 18. The van der Waals surface area contributed by atoms with Crippen LogP contribution in [0.4, 0.5) is 5.82 Å². The monoisotopic (exact) mass is 1900 g/mol. The zero-order chi connectivity index (χ0) is 79.1. The van der Waals surface area contributed by atoms with E-state index < -0.39 is 115 Å². The molecule has 0 saturated carbocycles. The predicted octanol–water partition coefficient (Wildman–Crippen LogP) is 10.9. The molecule has 12 atom stereocenters. The topological polar surface area (TPSA) is 401 Å². The van der Waals surface area contributed by atoms with Gasteiger partial charge in [-0.3, -0.25) is 4.79 Å². The summed E-state index contributed by atoms with van der Waals surface area (Å²) >= 11 is 18.6. The number of nitrogen functional groups attached to an aromatic ring is 1. The predicted molar refractivity (Wildman–Crippen MR) is 425 cm³/mol. The average Bonchev–Trinajstić information content (AvgIpc) is 1.60. The Hall–Kier alpha value is -10.2. The summed E-state index contributed by atoms with van der Waals surface area (Å²) in [7, 11) is 0. The van der Waals surface area contributed by atoms with E-state index in [1.165, 1.54) is 19.0 Å². The van der Waals surface area contributed by atoms with Gasteiger partial charge >= 0.3 is 41.8 Å². The van der Waals surface area contributed by atoms with Crippen molar-refractivity contribution in [2.75, 3.05) is 25.6 Å². The van der Waals surface area contributed by atoms with E-state index in [1.54, 1.807) is 204 Å². The second-order valence-electron chi connectivity index (χ2n) is 24.4. The Labute approximate surface area is 686 Å². The first-order valence-electron chi connectivity index (χ1n) is 33.8. The highest BCUT2D eigenvalue weighted by Gasteiger charge is 2.54. The number of fused-ring (bicyclic) bond motifs is 3. The molecule has 12 unspecified atom stereocenters. The second kappa shape index (κ2) is 37.9. The van der Waals surface area contributed by atoms with Gasteiger partial charge in [-0.1, -0.05) is 132 Å². The van der Waals surface area contributed by atoms with E-state index in [2.05, 4.69) is 103 Å². The number of carbonyl (C=O) groups is 7. The second-order valence-corrected chi connectivity index (χ2v) is 28.6. The number of hydrogen-bond donors (Lipinski definition) is 5. The van der Waals surface area contributed by atoms with Crippen LogP contribution in [0.3, 0.4) is 0 Å². The number of hydrogen-bond acceptors (Lipinski definition) is 27. The molecule has 0 bridgehead atoms. The van der Waals surface area contributed by atoms with Gasteiger partial charge in [-0.15, -0.1) is 0 Å². The van der Waals surface area contributed by atoms with Crippen molar-refractivity contribution < 1.29 is 96.2 Å². The van der Waals surface area contributed by atoms with E-state index in [0.29, 0.717) is 44.2 Å². The Morgan fingerprint density at radius 3 is 1.27 bits per heavy atom. The molecule has 12 aromatic rings. The molecule has 112 heavy (non-hydrogen) atoms. The van der Waals surface area contributed by atoms with E-state index in [4.69, 9.17) is 81.4 Å². The molecule has 3 aliphatic heterocycles. The maximum Gasteiger partial charge on any atom is 0.338 e. The lowest BCUT2D eigenvalue weighted by molar-refractivity contribution is -0.188. The number of carbonyl (C=O) groups excluding carboxylic acids is 7. The summed E-state index contributed by atoms with van der Waals surface area (Å²) in [5.41, 5.74) is 9.22. The van der Waals surface area contributed by atoms with Gasteiger partial charge in [0.1, 0.15) is 95.8 Å². The Kier molecular flexibility index (Phi) is 27.5. The van der Waals surface area contributed by atoms with Crippen molar-refractivity contribution in [3.63, 3.8) is 0 Å². The molecule has 0 spiro atoms. The van der Waals surface area contributed by atoms with Crippen LogP contribution in [0.1, 0.15) is 81.5 Å². The van der Waals surface area contributed by atoms with E-state index in [1.807, 2.05) is 6.20 Å². The lowest BCUT2D eigenvalue weighted by Gasteiger charge is -2.25. The van der Waals surface area contributed by atoms with Crippen molar-refractivity contribution in [2.24, 2.45) is 0 Å². The van der Waals surface area contributed by atoms with Crippen molar-refractivity contribution in [1.82, 2.24) is 44.0 Å². The number of anilines is 1. The number of aromatic nitrogens is 9. The molecular weight excluding hydrogens is 1840 g/mol.